The number of nitrogens with one attached hydrogen (secondary N) is 1. The lowest BCUT2D eigenvalue weighted by Gasteiger charge is -2.15. The van der Waals surface area contributed by atoms with Gasteiger partial charge >= 0.3 is 0 Å². The summed E-state index contributed by atoms with van der Waals surface area (Å²) < 4.78 is 13.3. The van der Waals surface area contributed by atoms with Gasteiger partial charge in [-0.05, 0) is 56.2 Å². The van der Waals surface area contributed by atoms with Gasteiger partial charge in [0.05, 0.1) is 0 Å². The van der Waals surface area contributed by atoms with Gasteiger partial charge in [0.25, 0.3) is 5.91 Å². The second kappa shape index (κ2) is 7.03. The second-order valence-corrected chi connectivity index (χ2v) is 6.38. The zero-order valence-electron chi connectivity index (χ0n) is 15.1. The number of nitrogens with zero attached hydrogens (tertiary/aromatic N) is 4. The first-order valence-electron chi connectivity index (χ1n) is 8.29. The van der Waals surface area contributed by atoms with Gasteiger partial charge in [-0.2, -0.15) is 4.80 Å². The van der Waals surface area contributed by atoms with E-state index in [1.54, 1.807) is 19.1 Å². The maximum Gasteiger partial charge on any atom is 0.250 e. The predicted octanol–water partition coefficient (Wildman–Crippen LogP) is 3.60. The largest absolute Gasteiger partial charge is 0.324 e. The van der Waals surface area contributed by atoms with Gasteiger partial charge in [0.1, 0.15) is 11.9 Å². The van der Waals surface area contributed by atoms with Gasteiger partial charge in [0.15, 0.2) is 0 Å². The van der Waals surface area contributed by atoms with E-state index < -0.39 is 6.04 Å². The molecule has 1 atom stereocenters. The van der Waals surface area contributed by atoms with Gasteiger partial charge in [-0.3, -0.25) is 4.79 Å². The van der Waals surface area contributed by atoms with E-state index >= 15 is 0 Å². The molecule has 3 aromatic rings. The van der Waals surface area contributed by atoms with Crippen molar-refractivity contribution in [2.24, 2.45) is 0 Å². The standard InChI is InChI=1S/C19H20FN5O/c1-11-8-12(2)17(13(3)9-11)21-19(26)14(4)25-23-18(22-24-25)15-6-5-7-16(20)10-15/h5-10,14H,1-4H3,(H,21,26). The molecular weight excluding hydrogens is 333 g/mol. The number of anilines is 1. The van der Waals surface area contributed by atoms with Crippen molar-refractivity contribution < 1.29 is 9.18 Å². The molecule has 26 heavy (non-hydrogen) atoms. The molecule has 0 aliphatic carbocycles. The van der Waals surface area contributed by atoms with Crippen molar-refractivity contribution in [1.29, 1.82) is 0 Å². The van der Waals surface area contributed by atoms with Gasteiger partial charge < -0.3 is 5.32 Å². The van der Waals surface area contributed by atoms with Crippen molar-refractivity contribution in [3.8, 4) is 11.4 Å². The lowest BCUT2D eigenvalue weighted by molar-refractivity contribution is -0.119. The van der Waals surface area contributed by atoms with Gasteiger partial charge in [0.2, 0.25) is 5.82 Å². The van der Waals surface area contributed by atoms with Crippen LogP contribution in [0.25, 0.3) is 11.4 Å². The average Bonchev–Trinajstić information content (AvgIpc) is 3.07. The van der Waals surface area contributed by atoms with Gasteiger partial charge in [-0.15, -0.1) is 10.2 Å². The smallest absolute Gasteiger partial charge is 0.250 e. The van der Waals surface area contributed by atoms with Crippen LogP contribution in [-0.4, -0.2) is 26.1 Å². The zero-order chi connectivity index (χ0) is 18.8. The third-order valence-electron chi connectivity index (χ3n) is 4.16. The highest BCUT2D eigenvalue weighted by molar-refractivity contribution is 5.94. The highest BCUT2D eigenvalue weighted by atomic mass is 19.1. The quantitative estimate of drug-likeness (QED) is 0.778. The van der Waals surface area contributed by atoms with Gasteiger partial charge in [-0.25, -0.2) is 4.39 Å². The summed E-state index contributed by atoms with van der Waals surface area (Å²) in [5, 5.41) is 15.0. The van der Waals surface area contributed by atoms with E-state index in [1.807, 2.05) is 32.9 Å². The molecule has 2 aromatic carbocycles. The molecule has 1 aromatic heterocycles. The lowest BCUT2D eigenvalue weighted by atomic mass is 10.0. The predicted molar refractivity (Wildman–Crippen MR) is 97.2 cm³/mol. The summed E-state index contributed by atoms with van der Waals surface area (Å²) in [5.41, 5.74) is 4.43. The number of halogens is 1. The Morgan fingerprint density at radius 2 is 1.85 bits per heavy atom. The van der Waals surface area contributed by atoms with E-state index in [4.69, 9.17) is 0 Å². The van der Waals surface area contributed by atoms with E-state index in [0.29, 0.717) is 5.56 Å². The summed E-state index contributed by atoms with van der Waals surface area (Å²) in [6.45, 7) is 7.61. The fraction of sp³-hybridized carbons (Fsp3) is 0.263. The first-order chi connectivity index (χ1) is 12.3. The van der Waals surface area contributed by atoms with Crippen molar-refractivity contribution in [2.45, 2.75) is 33.7 Å². The van der Waals surface area contributed by atoms with Crippen LogP contribution in [0.2, 0.25) is 0 Å². The topological polar surface area (TPSA) is 72.7 Å². The molecule has 0 aliphatic rings. The molecule has 0 saturated heterocycles. The Kier molecular flexibility index (Phi) is 4.79. The normalized spacial score (nSPS) is 12.0. The number of hydrogen-bond donors (Lipinski definition) is 1. The van der Waals surface area contributed by atoms with E-state index in [-0.39, 0.29) is 17.5 Å². The van der Waals surface area contributed by atoms with Crippen LogP contribution in [0.5, 0.6) is 0 Å². The molecule has 134 valence electrons. The number of hydrogen-bond acceptors (Lipinski definition) is 4. The molecule has 7 heteroatoms. The number of carbonyl (C=O) groups excluding carboxylic acids is 1. The van der Waals surface area contributed by atoms with Crippen LogP contribution >= 0.6 is 0 Å². The Morgan fingerprint density at radius 1 is 1.15 bits per heavy atom. The summed E-state index contributed by atoms with van der Waals surface area (Å²) in [7, 11) is 0. The number of benzene rings is 2. The molecule has 0 bridgehead atoms. The summed E-state index contributed by atoms with van der Waals surface area (Å²) in [5.74, 6) is -0.356. The molecule has 0 radical (unpaired) electrons. The number of aromatic nitrogens is 4. The van der Waals surface area contributed by atoms with Crippen LogP contribution in [0, 0.1) is 26.6 Å². The van der Waals surface area contributed by atoms with E-state index in [1.165, 1.54) is 16.9 Å². The third kappa shape index (κ3) is 3.61. The molecule has 1 heterocycles. The van der Waals surface area contributed by atoms with Crippen LogP contribution in [0.4, 0.5) is 10.1 Å². The highest BCUT2D eigenvalue weighted by Gasteiger charge is 2.20. The molecule has 0 saturated carbocycles. The maximum absolute atomic E-state index is 13.3. The number of tetrazole rings is 1. The number of carbonyl (C=O) groups is 1. The molecule has 3 rings (SSSR count). The fourth-order valence-electron chi connectivity index (χ4n) is 2.84. The van der Waals surface area contributed by atoms with Crippen molar-refractivity contribution in [3.63, 3.8) is 0 Å². The van der Waals surface area contributed by atoms with E-state index in [2.05, 4.69) is 20.7 Å². The zero-order valence-corrected chi connectivity index (χ0v) is 15.1. The van der Waals surface area contributed by atoms with Crippen molar-refractivity contribution in [1.82, 2.24) is 20.2 Å². The Hall–Kier alpha value is -3.09. The molecule has 1 amide bonds. The SMILES string of the molecule is Cc1cc(C)c(NC(=O)C(C)n2nnc(-c3cccc(F)c3)n2)c(C)c1. The van der Waals surface area contributed by atoms with Crippen molar-refractivity contribution >= 4 is 11.6 Å². The van der Waals surface area contributed by atoms with Gasteiger partial charge in [-0.1, -0.05) is 29.8 Å². The Morgan fingerprint density at radius 3 is 2.50 bits per heavy atom. The maximum atomic E-state index is 13.3. The second-order valence-electron chi connectivity index (χ2n) is 6.38. The molecule has 1 unspecified atom stereocenters. The number of aryl methyl sites for hydroxylation is 3. The third-order valence-corrected chi connectivity index (χ3v) is 4.16. The van der Waals surface area contributed by atoms with Crippen molar-refractivity contribution in [3.05, 3.63) is 58.9 Å². The Balaban J connectivity index is 1.80. The lowest BCUT2D eigenvalue weighted by Crippen LogP contribution is -2.26. The molecule has 0 spiro atoms. The average molecular weight is 353 g/mol. The van der Waals surface area contributed by atoms with E-state index in [0.717, 1.165) is 22.4 Å². The van der Waals surface area contributed by atoms with E-state index in [9.17, 15) is 9.18 Å². The summed E-state index contributed by atoms with van der Waals surface area (Å²) >= 11 is 0. The van der Waals surface area contributed by atoms with Crippen molar-refractivity contribution in [2.75, 3.05) is 5.32 Å². The van der Waals surface area contributed by atoms with Crippen LogP contribution in [0.3, 0.4) is 0 Å². The van der Waals surface area contributed by atoms with Gasteiger partial charge in [0, 0.05) is 11.3 Å². The minimum atomic E-state index is -0.662. The summed E-state index contributed by atoms with van der Waals surface area (Å²) in [6.07, 6.45) is 0. The number of rotatable bonds is 4. The molecule has 6 nitrogen and oxygen atoms in total. The monoisotopic (exact) mass is 353 g/mol. The molecule has 0 fully saturated rings. The fourth-order valence-corrected chi connectivity index (χ4v) is 2.84. The Bertz CT molecular complexity index is 943. The first kappa shape index (κ1) is 17.7. The minimum absolute atomic E-state index is 0.247. The summed E-state index contributed by atoms with van der Waals surface area (Å²) in [6, 6.07) is 9.30. The minimum Gasteiger partial charge on any atom is -0.324 e. The van der Waals surface area contributed by atoms with Crippen LogP contribution in [-0.2, 0) is 4.79 Å². The van der Waals surface area contributed by atoms with Crippen LogP contribution < -0.4 is 5.32 Å². The molecule has 1 N–H and O–H groups in total. The first-order valence-corrected chi connectivity index (χ1v) is 8.29. The Labute approximate surface area is 151 Å². The highest BCUT2D eigenvalue weighted by Crippen LogP contribution is 2.23. The number of amides is 1. The summed E-state index contributed by atoms with van der Waals surface area (Å²) in [4.78, 5) is 13.8. The van der Waals surface area contributed by atoms with Crippen LogP contribution in [0.1, 0.15) is 29.7 Å². The molecule has 0 aliphatic heterocycles. The molecular formula is C19H20FN5O. The van der Waals surface area contributed by atoms with Crippen LogP contribution in [0.15, 0.2) is 36.4 Å².